The van der Waals surface area contributed by atoms with Crippen LogP contribution in [0.4, 0.5) is 0 Å². The molecule has 0 fully saturated rings. The van der Waals surface area contributed by atoms with E-state index >= 15 is 0 Å². The number of nitrogens with one attached hydrogen (secondary N) is 2. The van der Waals surface area contributed by atoms with Crippen molar-refractivity contribution in [3.8, 4) is 17.3 Å². The van der Waals surface area contributed by atoms with Gasteiger partial charge in [0.25, 0.3) is 5.56 Å². The van der Waals surface area contributed by atoms with Gasteiger partial charge in [0, 0.05) is 17.3 Å². The quantitative estimate of drug-likeness (QED) is 0.721. The minimum absolute atomic E-state index is 0.0729. The van der Waals surface area contributed by atoms with Crippen LogP contribution >= 0.6 is 0 Å². The topological polar surface area (TPSA) is 120 Å². The van der Waals surface area contributed by atoms with Crippen LogP contribution in [0, 0.1) is 11.3 Å². The van der Waals surface area contributed by atoms with E-state index in [0.717, 1.165) is 0 Å². The van der Waals surface area contributed by atoms with Crippen LogP contribution in [0.25, 0.3) is 16.9 Å². The molecule has 0 unspecified atom stereocenters. The summed E-state index contributed by atoms with van der Waals surface area (Å²) in [6.45, 7) is 3.72. The van der Waals surface area contributed by atoms with Gasteiger partial charge in [0.15, 0.2) is 5.65 Å². The molecule has 9 heteroatoms. The Hall–Kier alpha value is -2.96. The Kier molecular flexibility index (Phi) is 4.39. The number of hydrogen-bond donors (Lipinski definition) is 2. The average Bonchev–Trinajstić information content (AvgIpc) is 3.04. The monoisotopic (exact) mass is 371 g/mol. The second-order valence-corrected chi connectivity index (χ2v) is 7.91. The number of sulfonamides is 1. The molecule has 134 valence electrons. The molecule has 3 rings (SSSR count). The highest BCUT2D eigenvalue weighted by atomic mass is 32.2. The summed E-state index contributed by atoms with van der Waals surface area (Å²) in [7, 11) is -2.31. The van der Waals surface area contributed by atoms with E-state index in [4.69, 9.17) is 0 Å². The van der Waals surface area contributed by atoms with E-state index in [1.807, 2.05) is 19.9 Å². The molecule has 0 atom stereocenters. The third-order valence-electron chi connectivity index (χ3n) is 4.08. The van der Waals surface area contributed by atoms with Crippen molar-refractivity contribution in [2.75, 3.05) is 7.05 Å². The lowest BCUT2D eigenvalue weighted by Gasteiger charge is -2.13. The summed E-state index contributed by atoms with van der Waals surface area (Å²) in [5.74, 6) is -0.153. The molecule has 0 saturated carbocycles. The summed E-state index contributed by atoms with van der Waals surface area (Å²) in [4.78, 5) is 17.5. The Morgan fingerprint density at radius 2 is 2.08 bits per heavy atom. The first-order chi connectivity index (χ1) is 12.3. The lowest BCUT2D eigenvalue weighted by molar-refractivity contribution is 0.588. The van der Waals surface area contributed by atoms with Gasteiger partial charge in [-0.3, -0.25) is 9.89 Å². The maximum atomic E-state index is 12.9. The summed E-state index contributed by atoms with van der Waals surface area (Å²) in [6, 6.07) is 8.21. The number of aromatic amines is 1. The largest absolute Gasteiger partial charge is 0.295 e. The van der Waals surface area contributed by atoms with E-state index in [9.17, 15) is 18.5 Å². The van der Waals surface area contributed by atoms with E-state index in [1.165, 1.54) is 29.9 Å². The van der Waals surface area contributed by atoms with Crippen molar-refractivity contribution >= 4 is 15.7 Å². The molecule has 2 heterocycles. The normalized spacial score (nSPS) is 11.8. The molecule has 3 aromatic rings. The standard InChI is InChI=1S/C17H17N5O3S/c1-10(2)14-15(11-5-4-6-13(7-11)26(24,25)19-3)21-16-12(8-18)9-20-22(16)17(14)23/h4-7,9-10,19-20H,1-3H3. The highest BCUT2D eigenvalue weighted by Crippen LogP contribution is 2.27. The molecular formula is C17H17N5O3S. The van der Waals surface area contributed by atoms with E-state index < -0.39 is 10.0 Å². The molecule has 0 aliphatic heterocycles. The second kappa shape index (κ2) is 6.40. The van der Waals surface area contributed by atoms with Gasteiger partial charge in [-0.05, 0) is 25.1 Å². The van der Waals surface area contributed by atoms with Gasteiger partial charge in [0.05, 0.1) is 10.6 Å². The maximum Gasteiger partial charge on any atom is 0.276 e. The number of nitriles is 1. The summed E-state index contributed by atoms with van der Waals surface area (Å²) in [5.41, 5.74) is 1.43. The number of H-pyrrole nitrogens is 1. The van der Waals surface area contributed by atoms with Crippen molar-refractivity contribution in [2.45, 2.75) is 24.7 Å². The third kappa shape index (κ3) is 2.79. The van der Waals surface area contributed by atoms with Crippen molar-refractivity contribution in [2.24, 2.45) is 0 Å². The van der Waals surface area contributed by atoms with Crippen molar-refractivity contribution in [3.05, 3.63) is 51.9 Å². The van der Waals surface area contributed by atoms with Crippen LogP contribution in [0.3, 0.4) is 0 Å². The number of nitrogens with zero attached hydrogens (tertiary/aromatic N) is 3. The van der Waals surface area contributed by atoms with Gasteiger partial charge < -0.3 is 0 Å². The number of aromatic nitrogens is 3. The lowest BCUT2D eigenvalue weighted by atomic mass is 9.98. The molecule has 0 aliphatic carbocycles. The van der Waals surface area contributed by atoms with Crippen molar-refractivity contribution in [1.29, 1.82) is 5.26 Å². The van der Waals surface area contributed by atoms with E-state index in [2.05, 4.69) is 14.8 Å². The molecule has 1 aromatic carbocycles. The van der Waals surface area contributed by atoms with Crippen LogP contribution < -0.4 is 10.3 Å². The smallest absolute Gasteiger partial charge is 0.276 e. The zero-order valence-corrected chi connectivity index (χ0v) is 15.3. The van der Waals surface area contributed by atoms with E-state index in [0.29, 0.717) is 16.8 Å². The molecule has 26 heavy (non-hydrogen) atoms. The minimum atomic E-state index is -3.64. The molecule has 2 aromatic heterocycles. The first kappa shape index (κ1) is 17.8. The van der Waals surface area contributed by atoms with Crippen LogP contribution in [0.15, 0.2) is 40.2 Å². The van der Waals surface area contributed by atoms with Gasteiger partial charge in [-0.2, -0.15) is 5.26 Å². The number of benzene rings is 1. The van der Waals surface area contributed by atoms with E-state index in [-0.39, 0.29) is 27.6 Å². The van der Waals surface area contributed by atoms with Crippen LogP contribution in [0.2, 0.25) is 0 Å². The molecule has 0 aliphatic rings. The fraction of sp³-hybridized carbons (Fsp3) is 0.235. The van der Waals surface area contributed by atoms with Gasteiger partial charge in [0.1, 0.15) is 11.6 Å². The number of fused-ring (bicyclic) bond motifs is 1. The van der Waals surface area contributed by atoms with E-state index in [1.54, 1.807) is 12.1 Å². The summed E-state index contributed by atoms with van der Waals surface area (Å²) in [5, 5.41) is 12.0. The zero-order valence-electron chi connectivity index (χ0n) is 14.4. The molecule has 2 N–H and O–H groups in total. The van der Waals surface area contributed by atoms with Gasteiger partial charge in [-0.1, -0.05) is 26.0 Å². The number of rotatable bonds is 4. The highest BCUT2D eigenvalue weighted by molar-refractivity contribution is 7.89. The first-order valence-electron chi connectivity index (χ1n) is 7.88. The molecule has 0 spiro atoms. The summed E-state index contributed by atoms with van der Waals surface area (Å²) >= 11 is 0. The Bertz CT molecular complexity index is 1200. The third-order valence-corrected chi connectivity index (χ3v) is 5.49. The van der Waals surface area contributed by atoms with Gasteiger partial charge >= 0.3 is 0 Å². The van der Waals surface area contributed by atoms with Crippen molar-refractivity contribution in [1.82, 2.24) is 19.3 Å². The highest BCUT2D eigenvalue weighted by Gasteiger charge is 2.21. The molecule has 0 saturated heterocycles. The van der Waals surface area contributed by atoms with Crippen molar-refractivity contribution in [3.63, 3.8) is 0 Å². The first-order valence-corrected chi connectivity index (χ1v) is 9.36. The summed E-state index contributed by atoms with van der Waals surface area (Å²) in [6.07, 6.45) is 1.42. The number of hydrogen-bond acceptors (Lipinski definition) is 5. The Balaban J connectivity index is 2.38. The lowest BCUT2D eigenvalue weighted by Crippen LogP contribution is -2.23. The molecule has 8 nitrogen and oxygen atoms in total. The Labute approximate surface area is 150 Å². The van der Waals surface area contributed by atoms with Gasteiger partial charge in [0.2, 0.25) is 10.0 Å². The fourth-order valence-electron chi connectivity index (χ4n) is 2.78. The Morgan fingerprint density at radius 3 is 2.69 bits per heavy atom. The van der Waals surface area contributed by atoms with Crippen LogP contribution in [-0.2, 0) is 10.0 Å². The van der Waals surface area contributed by atoms with Crippen LogP contribution in [0.5, 0.6) is 0 Å². The minimum Gasteiger partial charge on any atom is -0.295 e. The van der Waals surface area contributed by atoms with Crippen LogP contribution in [-0.4, -0.2) is 30.1 Å². The molecule has 0 radical (unpaired) electrons. The molecular weight excluding hydrogens is 354 g/mol. The summed E-state index contributed by atoms with van der Waals surface area (Å²) < 4.78 is 27.7. The molecule has 0 amide bonds. The fourth-order valence-corrected chi connectivity index (χ4v) is 3.55. The zero-order chi connectivity index (χ0) is 19.1. The predicted molar refractivity (Wildman–Crippen MR) is 96.3 cm³/mol. The maximum absolute atomic E-state index is 12.9. The SMILES string of the molecule is CNS(=O)(=O)c1cccc(-c2nc3c(C#N)c[nH]n3c(=O)c2C(C)C)c1. The van der Waals surface area contributed by atoms with Crippen molar-refractivity contribution < 1.29 is 8.42 Å². The van der Waals surface area contributed by atoms with Gasteiger partial charge in [-0.15, -0.1) is 0 Å². The average molecular weight is 371 g/mol. The van der Waals surface area contributed by atoms with Gasteiger partial charge in [-0.25, -0.2) is 22.6 Å². The van der Waals surface area contributed by atoms with Crippen LogP contribution in [0.1, 0.15) is 30.9 Å². The predicted octanol–water partition coefficient (Wildman–Crippen LogP) is 1.59. The second-order valence-electron chi connectivity index (χ2n) is 6.03. The Morgan fingerprint density at radius 1 is 1.35 bits per heavy atom. The molecule has 0 bridgehead atoms.